The summed E-state index contributed by atoms with van der Waals surface area (Å²) in [6.45, 7) is 0. The van der Waals surface area contributed by atoms with Gasteiger partial charge in [-0.2, -0.15) is 0 Å². The molecule has 0 radical (unpaired) electrons. The first kappa shape index (κ1) is 8.91. The van der Waals surface area contributed by atoms with Gasteiger partial charge < -0.3 is 4.57 Å². The Morgan fingerprint density at radius 2 is 2.09 bits per heavy atom. The van der Waals surface area contributed by atoms with Crippen LogP contribution in [0.25, 0.3) is 0 Å². The van der Waals surface area contributed by atoms with Crippen LogP contribution in [-0.2, 0) is 7.05 Å². The van der Waals surface area contributed by atoms with E-state index in [1.54, 1.807) is 7.05 Å². The zero-order valence-corrected chi connectivity index (χ0v) is 7.83. The van der Waals surface area contributed by atoms with E-state index >= 15 is 0 Å². The van der Waals surface area contributed by atoms with Crippen molar-refractivity contribution in [2.45, 2.75) is 0 Å². The summed E-state index contributed by atoms with van der Waals surface area (Å²) in [6.07, 6.45) is 0. The number of hydrogen-bond donors (Lipinski definition) is 0. The monoisotopic (exact) mass is 211 g/mol. The largest absolute Gasteiger partial charge is 0.330 e. The normalized spacial score (nSPS) is 10.2. The summed E-state index contributed by atoms with van der Waals surface area (Å²) in [5.74, 6) is 0. The van der Waals surface area contributed by atoms with Gasteiger partial charge in [0.2, 0.25) is 0 Å². The second-order valence-electron chi connectivity index (χ2n) is 2.00. The van der Waals surface area contributed by atoms with E-state index in [0.717, 1.165) is 0 Å². The average Bonchev–Trinajstić information content (AvgIpc) is 2.17. The molecule has 0 fully saturated rings. The van der Waals surface area contributed by atoms with Crippen LogP contribution < -0.4 is 0 Å². The Labute approximate surface area is 78.7 Å². The van der Waals surface area contributed by atoms with Crippen molar-refractivity contribution in [3.8, 4) is 0 Å². The fraction of sp³-hybridized carbons (Fsp3) is 0.167. The predicted molar refractivity (Wildman–Crippen MR) is 45.6 cm³/mol. The van der Waals surface area contributed by atoms with Crippen molar-refractivity contribution in [3.63, 3.8) is 0 Å². The number of nitrogens with zero attached hydrogens (tertiary/aromatic N) is 1. The summed E-state index contributed by atoms with van der Waals surface area (Å²) in [5, 5.41) is 0.0788. The van der Waals surface area contributed by atoms with Gasteiger partial charge in [0.1, 0.15) is 10.8 Å². The van der Waals surface area contributed by atoms with E-state index in [9.17, 15) is 4.79 Å². The molecular weight excluding hydrogens is 208 g/mol. The van der Waals surface area contributed by atoms with Crippen LogP contribution in [0.5, 0.6) is 0 Å². The Morgan fingerprint density at radius 1 is 1.55 bits per heavy atom. The summed E-state index contributed by atoms with van der Waals surface area (Å²) in [4.78, 5) is 10.7. The van der Waals surface area contributed by atoms with Gasteiger partial charge in [0.05, 0.1) is 5.02 Å². The minimum absolute atomic E-state index is 0.293. The summed E-state index contributed by atoms with van der Waals surface area (Å²) in [7, 11) is 1.61. The number of aromatic nitrogens is 1. The molecule has 11 heavy (non-hydrogen) atoms. The number of hydrogen-bond acceptors (Lipinski definition) is 1. The van der Waals surface area contributed by atoms with Crippen molar-refractivity contribution in [1.29, 1.82) is 0 Å². The number of halogens is 3. The Hall–Kier alpha value is -0.180. The second-order valence-corrected chi connectivity index (χ2v) is 3.11. The maximum atomic E-state index is 10.7. The van der Waals surface area contributed by atoms with E-state index in [0.29, 0.717) is 15.9 Å². The van der Waals surface area contributed by atoms with Crippen LogP contribution in [0.2, 0.25) is 10.2 Å². The van der Waals surface area contributed by atoms with E-state index in [2.05, 4.69) is 0 Å². The molecule has 0 aliphatic carbocycles. The fourth-order valence-corrected chi connectivity index (χ4v) is 1.29. The highest BCUT2D eigenvalue weighted by Gasteiger charge is 2.12. The van der Waals surface area contributed by atoms with Crippen LogP contribution in [-0.4, -0.2) is 9.81 Å². The van der Waals surface area contributed by atoms with E-state index in [4.69, 9.17) is 34.8 Å². The molecule has 1 aromatic rings. The molecule has 0 aliphatic heterocycles. The fourth-order valence-electron chi connectivity index (χ4n) is 0.731. The molecule has 0 N–H and O–H groups in total. The quantitative estimate of drug-likeness (QED) is 0.656. The lowest BCUT2D eigenvalue weighted by molar-refractivity contribution is 0.107. The van der Waals surface area contributed by atoms with Crippen molar-refractivity contribution in [3.05, 3.63) is 21.9 Å². The number of carbonyl (C=O) groups excluding carboxylic acids is 1. The first-order valence-corrected chi connectivity index (χ1v) is 3.88. The molecule has 2 nitrogen and oxygen atoms in total. The zero-order chi connectivity index (χ0) is 8.59. The molecule has 1 heterocycles. The number of rotatable bonds is 1. The highest BCUT2D eigenvalue weighted by molar-refractivity contribution is 6.67. The first-order chi connectivity index (χ1) is 5.04. The highest BCUT2D eigenvalue weighted by atomic mass is 35.5. The lowest BCUT2D eigenvalue weighted by Gasteiger charge is -1.96. The van der Waals surface area contributed by atoms with Crippen molar-refractivity contribution in [2.24, 2.45) is 7.05 Å². The first-order valence-electron chi connectivity index (χ1n) is 2.74. The molecule has 60 valence electrons. The maximum absolute atomic E-state index is 10.7. The van der Waals surface area contributed by atoms with Crippen LogP contribution in [0, 0.1) is 0 Å². The van der Waals surface area contributed by atoms with Gasteiger partial charge in [0.25, 0.3) is 5.24 Å². The minimum Gasteiger partial charge on any atom is -0.330 e. The molecule has 0 unspecified atom stereocenters. The third kappa shape index (κ3) is 1.53. The summed E-state index contributed by atoms with van der Waals surface area (Å²) >= 11 is 16.5. The predicted octanol–water partition coefficient (Wildman–Crippen LogP) is 2.71. The van der Waals surface area contributed by atoms with Gasteiger partial charge in [-0.3, -0.25) is 4.79 Å². The molecule has 0 aromatic carbocycles. The Morgan fingerprint density at radius 3 is 2.27 bits per heavy atom. The van der Waals surface area contributed by atoms with Crippen LogP contribution >= 0.6 is 34.8 Å². The third-order valence-corrected chi connectivity index (χ3v) is 2.35. The van der Waals surface area contributed by atoms with E-state index in [1.807, 2.05) is 0 Å². The molecule has 0 amide bonds. The van der Waals surface area contributed by atoms with E-state index < -0.39 is 5.24 Å². The van der Waals surface area contributed by atoms with Gasteiger partial charge in [-0.25, -0.2) is 0 Å². The van der Waals surface area contributed by atoms with Crippen molar-refractivity contribution < 1.29 is 4.79 Å². The maximum Gasteiger partial charge on any atom is 0.268 e. The van der Waals surface area contributed by atoms with Gasteiger partial charge in [0, 0.05) is 7.05 Å². The van der Waals surface area contributed by atoms with Gasteiger partial charge in [-0.15, -0.1) is 0 Å². The Balaban J connectivity index is 3.29. The van der Waals surface area contributed by atoms with Gasteiger partial charge in [-0.1, -0.05) is 23.2 Å². The second kappa shape index (κ2) is 3.05. The third-order valence-electron chi connectivity index (χ3n) is 1.32. The van der Waals surface area contributed by atoms with Crippen molar-refractivity contribution in [1.82, 2.24) is 4.57 Å². The highest BCUT2D eigenvalue weighted by Crippen LogP contribution is 2.25. The van der Waals surface area contributed by atoms with Crippen molar-refractivity contribution in [2.75, 3.05) is 0 Å². The SMILES string of the molecule is Cn1c(C(=O)Cl)cc(Cl)c1Cl. The molecule has 1 aromatic heterocycles. The molecule has 0 bridgehead atoms. The summed E-state index contributed by atoms with van der Waals surface area (Å²) in [5.41, 5.74) is 0.293. The molecule has 0 aliphatic rings. The Bertz CT molecular complexity index is 305. The van der Waals surface area contributed by atoms with Crippen LogP contribution in [0.1, 0.15) is 10.5 Å². The molecule has 0 spiro atoms. The smallest absolute Gasteiger partial charge is 0.268 e. The molecule has 1 rings (SSSR count). The summed E-state index contributed by atoms with van der Waals surface area (Å²) in [6, 6.07) is 1.43. The van der Waals surface area contributed by atoms with Crippen molar-refractivity contribution >= 4 is 40.0 Å². The Kier molecular flexibility index (Phi) is 2.47. The van der Waals surface area contributed by atoms with Crippen LogP contribution in [0.3, 0.4) is 0 Å². The van der Waals surface area contributed by atoms with Gasteiger partial charge in [-0.05, 0) is 17.7 Å². The summed E-state index contributed by atoms with van der Waals surface area (Å²) < 4.78 is 1.43. The number of carbonyl (C=O) groups is 1. The lowest BCUT2D eigenvalue weighted by Crippen LogP contribution is -1.98. The van der Waals surface area contributed by atoms with Crippen LogP contribution in [0.15, 0.2) is 6.07 Å². The standard InChI is InChI=1S/C6H4Cl3NO/c1-10-4(6(9)11)2-3(7)5(10)8/h2H,1H3. The topological polar surface area (TPSA) is 22.0 Å². The molecule has 0 atom stereocenters. The zero-order valence-electron chi connectivity index (χ0n) is 5.57. The molecule has 0 saturated carbocycles. The lowest BCUT2D eigenvalue weighted by atomic mass is 10.5. The van der Waals surface area contributed by atoms with Gasteiger partial charge >= 0.3 is 0 Å². The van der Waals surface area contributed by atoms with E-state index in [1.165, 1.54) is 10.6 Å². The molecule has 0 saturated heterocycles. The van der Waals surface area contributed by atoms with E-state index in [-0.39, 0.29) is 0 Å². The van der Waals surface area contributed by atoms with Gasteiger partial charge in [0.15, 0.2) is 0 Å². The molecule has 5 heteroatoms. The average molecular weight is 212 g/mol. The minimum atomic E-state index is -0.568. The van der Waals surface area contributed by atoms with Crippen LogP contribution in [0.4, 0.5) is 0 Å². The molecular formula is C6H4Cl3NO.